The summed E-state index contributed by atoms with van der Waals surface area (Å²) >= 11 is 0. The van der Waals surface area contributed by atoms with E-state index in [2.05, 4.69) is 13.8 Å². The van der Waals surface area contributed by atoms with Crippen LogP contribution in [-0.2, 0) is 33.2 Å². The molecule has 0 amide bonds. The fraction of sp³-hybridized carbons (Fsp3) is 1.00. The normalized spacial score (nSPS) is 33.3. The predicted octanol–water partition coefficient (Wildman–Crippen LogP) is 1.68. The van der Waals surface area contributed by atoms with Crippen LogP contribution in [0.5, 0.6) is 0 Å². The summed E-state index contributed by atoms with van der Waals surface area (Å²) < 4.78 is 41.7. The second kappa shape index (κ2) is 34.6. The predicted molar refractivity (Wildman–Crippen MR) is 249 cm³/mol. The van der Waals surface area contributed by atoms with Crippen LogP contribution in [0.15, 0.2) is 0 Å². The van der Waals surface area contributed by atoms with Crippen molar-refractivity contribution in [2.75, 3.05) is 52.9 Å². The Morgan fingerprint density at radius 3 is 0.926 bits per heavy atom. The van der Waals surface area contributed by atoms with Gasteiger partial charge in [-0.05, 0) is 18.8 Å². The van der Waals surface area contributed by atoms with E-state index in [1.807, 2.05) is 0 Å². The summed E-state index contributed by atoms with van der Waals surface area (Å²) in [5.74, 6) is 0.167. The van der Waals surface area contributed by atoms with Gasteiger partial charge in [0.2, 0.25) is 0 Å². The van der Waals surface area contributed by atoms with Gasteiger partial charge in [-0.2, -0.15) is 0 Å². The smallest absolute Gasteiger partial charge is 0.186 e. The maximum atomic E-state index is 10.9. The van der Waals surface area contributed by atoms with Gasteiger partial charge in [-0.15, -0.1) is 0 Å². The molecule has 3 aliphatic rings. The first-order valence-corrected chi connectivity index (χ1v) is 26.1. The molecule has 15 atom stereocenters. The number of hydrogen-bond acceptors (Lipinski definition) is 19. The lowest BCUT2D eigenvalue weighted by Crippen LogP contribution is -2.61. The topological polar surface area (TPSA) is 307 Å². The molecule has 404 valence electrons. The molecular weight excluding hydrogens is 893 g/mol. The Morgan fingerprint density at radius 1 is 0.368 bits per heavy atom. The standard InChI is InChI=1S/C49H94O19/c1-3-5-7-9-11-13-15-17-19-21-23-33(24-22-20-18-16-14-12-10-8-6-4-2)28-62-29-49(30-63-46-43(59)40(56)37(53)34(25-50)66-46,31-64-47-44(60)41(57)38(54)35(26-51)67-47)32-65-48-45(61)42(58)39(55)36(27-52)68-48/h33-48,50-61H,3-32H2,1-2H3. The average Bonchev–Trinajstić information content (AvgIpc) is 3.34. The van der Waals surface area contributed by atoms with Gasteiger partial charge in [-0.25, -0.2) is 0 Å². The molecule has 3 rings (SSSR count). The average molecular weight is 987 g/mol. The monoisotopic (exact) mass is 987 g/mol. The fourth-order valence-electron chi connectivity index (χ4n) is 9.24. The van der Waals surface area contributed by atoms with Crippen molar-refractivity contribution in [2.45, 2.75) is 247 Å². The van der Waals surface area contributed by atoms with E-state index >= 15 is 0 Å². The number of aliphatic hydroxyl groups is 12. The lowest BCUT2D eigenvalue weighted by atomic mass is 9.90. The number of aliphatic hydroxyl groups excluding tert-OH is 12. The van der Waals surface area contributed by atoms with Crippen LogP contribution in [0.4, 0.5) is 0 Å². The Bertz CT molecular complexity index is 1110. The first-order chi connectivity index (χ1) is 32.8. The molecule has 68 heavy (non-hydrogen) atoms. The van der Waals surface area contributed by atoms with Crippen molar-refractivity contribution < 1.29 is 94.4 Å². The summed E-state index contributed by atoms with van der Waals surface area (Å²) in [6, 6.07) is 0. The number of ether oxygens (including phenoxy) is 7. The van der Waals surface area contributed by atoms with Crippen LogP contribution < -0.4 is 0 Å². The Kier molecular flexibility index (Phi) is 31.3. The minimum Gasteiger partial charge on any atom is -0.394 e. The van der Waals surface area contributed by atoms with Crippen molar-refractivity contribution in [3.63, 3.8) is 0 Å². The van der Waals surface area contributed by atoms with Gasteiger partial charge in [0.25, 0.3) is 0 Å². The molecule has 0 spiro atoms. The van der Waals surface area contributed by atoms with Crippen LogP contribution in [0.3, 0.4) is 0 Å². The molecule has 15 unspecified atom stereocenters. The van der Waals surface area contributed by atoms with Crippen molar-refractivity contribution in [1.82, 2.24) is 0 Å². The summed E-state index contributed by atoms with van der Waals surface area (Å²) in [5.41, 5.74) is -1.55. The Balaban J connectivity index is 1.85. The largest absolute Gasteiger partial charge is 0.394 e. The van der Waals surface area contributed by atoms with Crippen LogP contribution in [0.25, 0.3) is 0 Å². The highest BCUT2D eigenvalue weighted by molar-refractivity contribution is 4.93. The van der Waals surface area contributed by atoms with Gasteiger partial charge >= 0.3 is 0 Å². The molecule has 0 radical (unpaired) electrons. The van der Waals surface area contributed by atoms with Gasteiger partial charge in [0, 0.05) is 6.61 Å². The van der Waals surface area contributed by atoms with Crippen LogP contribution in [-0.4, -0.2) is 206 Å². The van der Waals surface area contributed by atoms with E-state index in [0.29, 0.717) is 6.61 Å². The van der Waals surface area contributed by atoms with E-state index in [-0.39, 0.29) is 12.5 Å². The summed E-state index contributed by atoms with van der Waals surface area (Å²) in [7, 11) is 0. The molecule has 3 heterocycles. The zero-order valence-electron chi connectivity index (χ0n) is 41.2. The van der Waals surface area contributed by atoms with Gasteiger partial charge in [0.1, 0.15) is 73.2 Å². The Morgan fingerprint density at radius 2 is 0.647 bits per heavy atom. The van der Waals surface area contributed by atoms with Crippen molar-refractivity contribution in [1.29, 1.82) is 0 Å². The van der Waals surface area contributed by atoms with Crippen molar-refractivity contribution >= 4 is 0 Å². The Labute approximate surface area is 405 Å². The maximum absolute atomic E-state index is 10.9. The second-order valence-electron chi connectivity index (χ2n) is 19.8. The third-order valence-corrected chi connectivity index (χ3v) is 13.9. The molecule has 3 fully saturated rings. The van der Waals surface area contributed by atoms with E-state index in [4.69, 9.17) is 33.2 Å². The summed E-state index contributed by atoms with van der Waals surface area (Å²) in [5, 5.41) is 125. The highest BCUT2D eigenvalue weighted by Crippen LogP contribution is 2.32. The van der Waals surface area contributed by atoms with Gasteiger partial charge in [0.15, 0.2) is 18.9 Å². The second-order valence-corrected chi connectivity index (χ2v) is 19.8. The van der Waals surface area contributed by atoms with Crippen LogP contribution in [0.2, 0.25) is 0 Å². The van der Waals surface area contributed by atoms with E-state index < -0.39 is 137 Å². The minimum atomic E-state index is -1.80. The van der Waals surface area contributed by atoms with E-state index in [9.17, 15) is 61.3 Å². The zero-order chi connectivity index (χ0) is 49.9. The zero-order valence-corrected chi connectivity index (χ0v) is 41.2. The SMILES string of the molecule is CCCCCCCCCCCCC(CCCCCCCCCCCC)COCC(COC1OC(CO)C(O)C(O)C1O)(COC1OC(CO)C(O)C(O)C1O)COC1OC(CO)C(O)C(O)C1O. The molecule has 0 aliphatic carbocycles. The first kappa shape index (κ1) is 61.5. The van der Waals surface area contributed by atoms with Crippen LogP contribution in [0, 0.1) is 11.3 Å². The van der Waals surface area contributed by atoms with Gasteiger partial charge in [-0.1, -0.05) is 142 Å². The molecule has 19 heteroatoms. The maximum Gasteiger partial charge on any atom is 0.186 e. The molecule has 0 aromatic rings. The van der Waals surface area contributed by atoms with Crippen LogP contribution in [0.1, 0.15) is 155 Å². The van der Waals surface area contributed by atoms with Crippen molar-refractivity contribution in [3.05, 3.63) is 0 Å². The summed E-state index contributed by atoms with van der Waals surface area (Å²) in [6.07, 6.45) is 1.44. The third kappa shape index (κ3) is 20.6. The third-order valence-electron chi connectivity index (χ3n) is 13.9. The van der Waals surface area contributed by atoms with Crippen molar-refractivity contribution in [2.24, 2.45) is 11.3 Å². The lowest BCUT2D eigenvalue weighted by molar-refractivity contribution is -0.332. The molecule has 19 nitrogen and oxygen atoms in total. The molecule has 0 aromatic heterocycles. The van der Waals surface area contributed by atoms with Gasteiger partial charge < -0.3 is 94.4 Å². The highest BCUT2D eigenvalue weighted by atomic mass is 16.7. The van der Waals surface area contributed by atoms with E-state index in [1.54, 1.807) is 0 Å². The molecule has 12 N–H and O–H groups in total. The van der Waals surface area contributed by atoms with Gasteiger partial charge in [0.05, 0.1) is 51.7 Å². The summed E-state index contributed by atoms with van der Waals surface area (Å²) in [4.78, 5) is 0. The fourth-order valence-corrected chi connectivity index (χ4v) is 9.24. The highest BCUT2D eigenvalue weighted by Gasteiger charge is 2.49. The van der Waals surface area contributed by atoms with Crippen molar-refractivity contribution in [3.8, 4) is 0 Å². The number of hydrogen-bond donors (Lipinski definition) is 12. The molecule has 3 saturated heterocycles. The molecule has 3 aliphatic heterocycles. The molecule has 0 bridgehead atoms. The number of unbranched alkanes of at least 4 members (excludes halogenated alkanes) is 18. The van der Waals surface area contributed by atoms with E-state index in [1.165, 1.54) is 89.9 Å². The molecule has 0 aromatic carbocycles. The molecule has 0 saturated carbocycles. The first-order valence-electron chi connectivity index (χ1n) is 26.1. The Hall–Kier alpha value is -0.760. The van der Waals surface area contributed by atoms with Crippen LogP contribution >= 0.6 is 0 Å². The van der Waals surface area contributed by atoms with Gasteiger partial charge in [-0.3, -0.25) is 0 Å². The molecular formula is C49H94O19. The minimum absolute atomic E-state index is 0.167. The van der Waals surface area contributed by atoms with E-state index in [0.717, 1.165) is 51.4 Å². The quantitative estimate of drug-likeness (QED) is 0.0392. The lowest BCUT2D eigenvalue weighted by Gasteiger charge is -2.44. The number of rotatable bonds is 38. The summed E-state index contributed by atoms with van der Waals surface area (Å²) in [6.45, 7) is 0.862.